The zero-order valence-electron chi connectivity index (χ0n) is 9.38. The number of aromatic nitrogens is 1. The summed E-state index contributed by atoms with van der Waals surface area (Å²) in [5.41, 5.74) is 0.0585. The SMILES string of the molecule is CC(C(=O)O)c1c[nH]c2ccc(C(F)(F)F)cc12. The number of rotatable bonds is 2. The van der Waals surface area contributed by atoms with Crippen molar-refractivity contribution in [1.82, 2.24) is 4.98 Å². The van der Waals surface area contributed by atoms with Gasteiger partial charge in [0.25, 0.3) is 0 Å². The Kier molecular flexibility index (Phi) is 2.80. The van der Waals surface area contributed by atoms with Gasteiger partial charge in [0, 0.05) is 17.1 Å². The summed E-state index contributed by atoms with van der Waals surface area (Å²) in [5, 5.41) is 9.20. The predicted octanol–water partition coefficient (Wildman–Crippen LogP) is 3.37. The third-order valence-electron chi connectivity index (χ3n) is 2.88. The summed E-state index contributed by atoms with van der Waals surface area (Å²) in [5.74, 6) is -1.93. The minimum atomic E-state index is -4.44. The summed E-state index contributed by atoms with van der Waals surface area (Å²) >= 11 is 0. The number of carboxylic acid groups (broad SMARTS) is 1. The Hall–Kier alpha value is -1.98. The van der Waals surface area contributed by atoms with E-state index in [1.807, 2.05) is 0 Å². The molecule has 0 saturated heterocycles. The molecular formula is C12H10F3NO2. The van der Waals surface area contributed by atoms with Gasteiger partial charge < -0.3 is 10.1 Å². The Morgan fingerprint density at radius 1 is 1.39 bits per heavy atom. The Balaban J connectivity index is 2.60. The van der Waals surface area contributed by atoms with Crippen molar-refractivity contribution in [2.24, 2.45) is 0 Å². The molecular weight excluding hydrogens is 247 g/mol. The number of aromatic amines is 1. The van der Waals surface area contributed by atoms with E-state index in [0.717, 1.165) is 12.1 Å². The summed E-state index contributed by atoms with van der Waals surface area (Å²) in [7, 11) is 0. The maximum atomic E-state index is 12.6. The van der Waals surface area contributed by atoms with E-state index in [-0.39, 0.29) is 0 Å². The first-order valence-electron chi connectivity index (χ1n) is 5.21. The van der Waals surface area contributed by atoms with Gasteiger partial charge >= 0.3 is 12.1 Å². The van der Waals surface area contributed by atoms with Crippen LogP contribution >= 0.6 is 0 Å². The van der Waals surface area contributed by atoms with Gasteiger partial charge in [0.2, 0.25) is 0 Å². The van der Waals surface area contributed by atoms with E-state index >= 15 is 0 Å². The van der Waals surface area contributed by atoms with Crippen LogP contribution in [0.2, 0.25) is 0 Å². The van der Waals surface area contributed by atoms with Gasteiger partial charge in [-0.2, -0.15) is 13.2 Å². The van der Waals surface area contributed by atoms with Crippen LogP contribution < -0.4 is 0 Å². The Morgan fingerprint density at radius 2 is 2.06 bits per heavy atom. The number of hydrogen-bond acceptors (Lipinski definition) is 1. The lowest BCUT2D eigenvalue weighted by Crippen LogP contribution is -2.07. The van der Waals surface area contributed by atoms with Crippen molar-refractivity contribution < 1.29 is 23.1 Å². The molecule has 2 aromatic rings. The number of fused-ring (bicyclic) bond motifs is 1. The fourth-order valence-electron chi connectivity index (χ4n) is 1.81. The summed E-state index contributed by atoms with van der Waals surface area (Å²) in [6.07, 6.45) is -3.00. The highest BCUT2D eigenvalue weighted by molar-refractivity contribution is 5.89. The van der Waals surface area contributed by atoms with Crippen molar-refractivity contribution in [3.8, 4) is 0 Å². The molecule has 0 aliphatic rings. The van der Waals surface area contributed by atoms with E-state index in [1.54, 1.807) is 0 Å². The molecule has 18 heavy (non-hydrogen) atoms. The Labute approximate surface area is 100 Å². The second-order valence-electron chi connectivity index (χ2n) is 4.06. The summed E-state index contributed by atoms with van der Waals surface area (Å²) in [4.78, 5) is 13.7. The Bertz CT molecular complexity index is 601. The maximum Gasteiger partial charge on any atom is 0.416 e. The van der Waals surface area contributed by atoms with Gasteiger partial charge in [0.15, 0.2) is 0 Å². The van der Waals surface area contributed by atoms with Crippen LogP contribution in [0.15, 0.2) is 24.4 Å². The molecule has 1 heterocycles. The molecule has 0 fully saturated rings. The van der Waals surface area contributed by atoms with Crippen LogP contribution in [-0.4, -0.2) is 16.1 Å². The second kappa shape index (κ2) is 4.04. The van der Waals surface area contributed by atoms with Gasteiger partial charge in [-0.3, -0.25) is 4.79 Å². The molecule has 2 N–H and O–H groups in total. The maximum absolute atomic E-state index is 12.6. The first-order valence-corrected chi connectivity index (χ1v) is 5.21. The highest BCUT2D eigenvalue weighted by atomic mass is 19.4. The molecule has 6 heteroatoms. The van der Waals surface area contributed by atoms with Gasteiger partial charge in [-0.1, -0.05) is 0 Å². The molecule has 2 rings (SSSR count). The van der Waals surface area contributed by atoms with E-state index in [0.29, 0.717) is 16.5 Å². The average Bonchev–Trinajstić information content (AvgIpc) is 2.69. The number of hydrogen-bond donors (Lipinski definition) is 2. The molecule has 1 unspecified atom stereocenters. The second-order valence-corrected chi connectivity index (χ2v) is 4.06. The quantitative estimate of drug-likeness (QED) is 0.866. The lowest BCUT2D eigenvalue weighted by molar-refractivity contribution is -0.138. The number of nitrogens with one attached hydrogen (secondary N) is 1. The summed E-state index contributed by atoms with van der Waals surface area (Å²) in [6.45, 7) is 1.44. The van der Waals surface area contributed by atoms with Crippen molar-refractivity contribution in [3.63, 3.8) is 0 Å². The number of halogens is 3. The van der Waals surface area contributed by atoms with Gasteiger partial charge in [0.05, 0.1) is 11.5 Å². The number of H-pyrrole nitrogens is 1. The van der Waals surface area contributed by atoms with Gasteiger partial charge in [-0.05, 0) is 30.7 Å². The van der Waals surface area contributed by atoms with Crippen LogP contribution in [0.3, 0.4) is 0 Å². The number of aliphatic carboxylic acids is 1. The fourth-order valence-corrected chi connectivity index (χ4v) is 1.81. The molecule has 1 aromatic heterocycles. The zero-order valence-corrected chi connectivity index (χ0v) is 9.38. The van der Waals surface area contributed by atoms with E-state index in [2.05, 4.69) is 4.98 Å². The lowest BCUT2D eigenvalue weighted by Gasteiger charge is -2.08. The lowest BCUT2D eigenvalue weighted by atomic mass is 9.99. The number of alkyl halides is 3. The number of carbonyl (C=O) groups is 1. The third-order valence-corrected chi connectivity index (χ3v) is 2.88. The molecule has 96 valence electrons. The number of benzene rings is 1. The van der Waals surface area contributed by atoms with Crippen LogP contribution in [0.1, 0.15) is 24.0 Å². The fraction of sp³-hybridized carbons (Fsp3) is 0.250. The molecule has 0 aliphatic heterocycles. The zero-order chi connectivity index (χ0) is 13.5. The summed E-state index contributed by atoms with van der Waals surface area (Å²) in [6, 6.07) is 3.24. The van der Waals surface area contributed by atoms with Crippen LogP contribution in [0.5, 0.6) is 0 Å². The van der Waals surface area contributed by atoms with Crippen LogP contribution in [-0.2, 0) is 11.0 Å². The minimum Gasteiger partial charge on any atom is -0.481 e. The van der Waals surface area contributed by atoms with E-state index in [1.165, 1.54) is 19.2 Å². The first kappa shape index (κ1) is 12.5. The topological polar surface area (TPSA) is 53.1 Å². The molecule has 1 aromatic carbocycles. The molecule has 0 aliphatic carbocycles. The predicted molar refractivity (Wildman–Crippen MR) is 59.4 cm³/mol. The van der Waals surface area contributed by atoms with E-state index < -0.39 is 23.6 Å². The van der Waals surface area contributed by atoms with Gasteiger partial charge in [0.1, 0.15) is 0 Å². The average molecular weight is 257 g/mol. The molecule has 0 bridgehead atoms. The van der Waals surface area contributed by atoms with Crippen molar-refractivity contribution in [3.05, 3.63) is 35.5 Å². The normalized spacial score (nSPS) is 13.8. The molecule has 3 nitrogen and oxygen atoms in total. The largest absolute Gasteiger partial charge is 0.481 e. The molecule has 0 amide bonds. The molecule has 0 radical (unpaired) electrons. The highest BCUT2D eigenvalue weighted by Crippen LogP contribution is 2.33. The van der Waals surface area contributed by atoms with Gasteiger partial charge in [-0.15, -0.1) is 0 Å². The highest BCUT2D eigenvalue weighted by Gasteiger charge is 2.31. The smallest absolute Gasteiger partial charge is 0.416 e. The van der Waals surface area contributed by atoms with Crippen molar-refractivity contribution in [1.29, 1.82) is 0 Å². The van der Waals surface area contributed by atoms with Crippen LogP contribution in [0.4, 0.5) is 13.2 Å². The first-order chi connectivity index (χ1) is 8.30. The van der Waals surface area contributed by atoms with Gasteiger partial charge in [-0.25, -0.2) is 0 Å². The minimum absolute atomic E-state index is 0.291. The molecule has 0 spiro atoms. The van der Waals surface area contributed by atoms with Crippen LogP contribution in [0.25, 0.3) is 10.9 Å². The summed E-state index contributed by atoms with van der Waals surface area (Å²) < 4.78 is 37.8. The Morgan fingerprint density at radius 3 is 2.61 bits per heavy atom. The van der Waals surface area contributed by atoms with E-state index in [9.17, 15) is 18.0 Å². The van der Waals surface area contributed by atoms with Crippen LogP contribution in [0, 0.1) is 0 Å². The third kappa shape index (κ3) is 2.05. The number of carboxylic acids is 1. The molecule has 1 atom stereocenters. The monoisotopic (exact) mass is 257 g/mol. The standard InChI is InChI=1S/C12H10F3NO2/c1-6(11(17)18)9-5-16-10-3-2-7(4-8(9)10)12(13,14)15/h2-6,16H,1H3,(H,17,18). The van der Waals surface area contributed by atoms with E-state index in [4.69, 9.17) is 5.11 Å². The van der Waals surface area contributed by atoms with Crippen molar-refractivity contribution >= 4 is 16.9 Å². The van der Waals surface area contributed by atoms with Crippen molar-refractivity contribution in [2.45, 2.75) is 19.0 Å². The molecule has 0 saturated carbocycles. The van der Waals surface area contributed by atoms with Crippen molar-refractivity contribution in [2.75, 3.05) is 0 Å².